The highest BCUT2D eigenvalue weighted by molar-refractivity contribution is 6.30. The summed E-state index contributed by atoms with van der Waals surface area (Å²) in [5.74, 6) is 0. The van der Waals surface area contributed by atoms with E-state index in [1.807, 2.05) is 12.1 Å². The van der Waals surface area contributed by atoms with Gasteiger partial charge in [-0.15, -0.1) is 0 Å². The van der Waals surface area contributed by atoms with Gasteiger partial charge in [-0.25, -0.2) is 0 Å². The summed E-state index contributed by atoms with van der Waals surface area (Å²) in [6.07, 6.45) is 1.86. The van der Waals surface area contributed by atoms with Crippen molar-refractivity contribution in [2.75, 3.05) is 33.4 Å². The molecule has 1 saturated heterocycles. The molecule has 118 valence electrons. The molecule has 0 bridgehead atoms. The van der Waals surface area contributed by atoms with Crippen LogP contribution in [0.1, 0.15) is 18.4 Å². The van der Waals surface area contributed by atoms with Crippen LogP contribution in [0.4, 0.5) is 0 Å². The molecule has 1 unspecified atom stereocenters. The number of aliphatic hydroxyl groups is 1. The lowest BCUT2D eigenvalue weighted by molar-refractivity contribution is 0.0310. The minimum Gasteiger partial charge on any atom is -0.389 e. The molecule has 0 aliphatic carbocycles. The monoisotopic (exact) mass is 312 g/mol. The average molecular weight is 313 g/mol. The lowest BCUT2D eigenvalue weighted by Crippen LogP contribution is -2.45. The fraction of sp³-hybridized carbons (Fsp3) is 0.625. The van der Waals surface area contributed by atoms with Crippen molar-refractivity contribution in [2.24, 2.45) is 0 Å². The molecular formula is C16H25ClN2O2. The zero-order valence-corrected chi connectivity index (χ0v) is 13.4. The fourth-order valence-electron chi connectivity index (χ4n) is 2.73. The maximum Gasteiger partial charge on any atom is 0.0900 e. The Kier molecular flexibility index (Phi) is 6.93. The van der Waals surface area contributed by atoms with E-state index in [4.69, 9.17) is 16.3 Å². The van der Waals surface area contributed by atoms with Crippen LogP contribution in [0, 0.1) is 0 Å². The number of rotatable bonds is 7. The molecule has 1 fully saturated rings. The van der Waals surface area contributed by atoms with Gasteiger partial charge in [-0.05, 0) is 43.6 Å². The Morgan fingerprint density at radius 1 is 1.33 bits per heavy atom. The zero-order chi connectivity index (χ0) is 15.1. The number of methoxy groups -OCH3 is 1. The van der Waals surface area contributed by atoms with Gasteiger partial charge in [0.2, 0.25) is 0 Å². The number of nitrogens with one attached hydrogen (secondary N) is 1. The maximum atomic E-state index is 9.75. The van der Waals surface area contributed by atoms with Gasteiger partial charge in [0.15, 0.2) is 0 Å². The number of piperidine rings is 1. The van der Waals surface area contributed by atoms with E-state index in [0.717, 1.165) is 37.5 Å². The first-order chi connectivity index (χ1) is 10.2. The van der Waals surface area contributed by atoms with Crippen LogP contribution in [0.2, 0.25) is 5.02 Å². The number of benzene rings is 1. The minimum atomic E-state index is -0.381. The number of hydrogen-bond donors (Lipinski definition) is 2. The second-order valence-electron chi connectivity index (χ2n) is 5.69. The van der Waals surface area contributed by atoms with E-state index >= 15 is 0 Å². The molecule has 1 aliphatic rings. The Labute approximate surface area is 132 Å². The van der Waals surface area contributed by atoms with Crippen LogP contribution in [-0.2, 0) is 11.3 Å². The topological polar surface area (TPSA) is 44.7 Å². The zero-order valence-electron chi connectivity index (χ0n) is 12.6. The highest BCUT2D eigenvalue weighted by atomic mass is 35.5. The third-order valence-electron chi connectivity index (χ3n) is 3.92. The predicted molar refractivity (Wildman–Crippen MR) is 85.6 cm³/mol. The van der Waals surface area contributed by atoms with Crippen LogP contribution in [-0.4, -0.2) is 55.5 Å². The smallest absolute Gasteiger partial charge is 0.0900 e. The van der Waals surface area contributed by atoms with Gasteiger partial charge >= 0.3 is 0 Å². The van der Waals surface area contributed by atoms with Crippen LogP contribution in [0.25, 0.3) is 0 Å². The van der Waals surface area contributed by atoms with Crippen LogP contribution in [0.5, 0.6) is 0 Å². The summed E-state index contributed by atoms with van der Waals surface area (Å²) in [5, 5.41) is 14.1. The molecule has 1 aliphatic heterocycles. The highest BCUT2D eigenvalue weighted by Crippen LogP contribution is 2.13. The van der Waals surface area contributed by atoms with Crippen LogP contribution < -0.4 is 5.32 Å². The van der Waals surface area contributed by atoms with E-state index in [2.05, 4.69) is 22.3 Å². The van der Waals surface area contributed by atoms with E-state index in [1.165, 1.54) is 5.56 Å². The molecule has 1 heterocycles. The first-order valence-electron chi connectivity index (χ1n) is 7.54. The van der Waals surface area contributed by atoms with Crippen LogP contribution >= 0.6 is 11.6 Å². The Balaban J connectivity index is 1.66. The molecule has 0 spiro atoms. The van der Waals surface area contributed by atoms with Crippen molar-refractivity contribution in [3.05, 3.63) is 34.9 Å². The maximum absolute atomic E-state index is 9.75. The Hall–Kier alpha value is -0.650. The van der Waals surface area contributed by atoms with E-state index in [1.54, 1.807) is 7.11 Å². The van der Waals surface area contributed by atoms with Crippen molar-refractivity contribution < 1.29 is 9.84 Å². The normalized spacial score (nSPS) is 18.8. The molecule has 2 N–H and O–H groups in total. The third kappa shape index (κ3) is 5.93. The van der Waals surface area contributed by atoms with Gasteiger partial charge in [-0.1, -0.05) is 23.7 Å². The lowest BCUT2D eigenvalue weighted by Gasteiger charge is -2.33. The van der Waals surface area contributed by atoms with Crippen molar-refractivity contribution in [1.29, 1.82) is 0 Å². The summed E-state index contributed by atoms with van der Waals surface area (Å²) < 4.78 is 4.96. The summed E-state index contributed by atoms with van der Waals surface area (Å²) in [6, 6.07) is 8.53. The van der Waals surface area contributed by atoms with Gasteiger partial charge in [0, 0.05) is 31.3 Å². The first-order valence-corrected chi connectivity index (χ1v) is 7.92. The van der Waals surface area contributed by atoms with Gasteiger partial charge in [-0.2, -0.15) is 0 Å². The molecule has 1 atom stereocenters. The number of hydrogen-bond acceptors (Lipinski definition) is 4. The van der Waals surface area contributed by atoms with E-state index in [0.29, 0.717) is 19.2 Å². The van der Waals surface area contributed by atoms with Crippen LogP contribution in [0.15, 0.2) is 24.3 Å². The molecule has 21 heavy (non-hydrogen) atoms. The molecule has 5 heteroatoms. The number of ether oxygens (including phenoxy) is 1. The molecule has 0 aromatic heterocycles. The largest absolute Gasteiger partial charge is 0.389 e. The average Bonchev–Trinajstić information content (AvgIpc) is 2.48. The second kappa shape index (κ2) is 8.71. The summed E-state index contributed by atoms with van der Waals surface area (Å²) in [6.45, 7) is 4.05. The van der Waals surface area contributed by atoms with Gasteiger partial charge in [0.1, 0.15) is 0 Å². The van der Waals surface area contributed by atoms with E-state index in [9.17, 15) is 5.11 Å². The van der Waals surface area contributed by atoms with Crippen molar-refractivity contribution in [3.8, 4) is 0 Å². The summed E-state index contributed by atoms with van der Waals surface area (Å²) >= 11 is 5.89. The second-order valence-corrected chi connectivity index (χ2v) is 6.13. The van der Waals surface area contributed by atoms with Gasteiger partial charge in [0.05, 0.1) is 12.7 Å². The number of β-amino-alcohol motifs (C(OH)–C–C–N with tert-alkyl or cyclic N) is 1. The van der Waals surface area contributed by atoms with Crippen molar-refractivity contribution in [1.82, 2.24) is 10.2 Å². The third-order valence-corrected chi connectivity index (χ3v) is 4.18. The minimum absolute atomic E-state index is 0.381. The highest BCUT2D eigenvalue weighted by Gasteiger charge is 2.20. The van der Waals surface area contributed by atoms with Crippen molar-refractivity contribution >= 4 is 11.6 Å². The van der Waals surface area contributed by atoms with Crippen molar-refractivity contribution in [2.45, 2.75) is 31.5 Å². The van der Waals surface area contributed by atoms with E-state index in [-0.39, 0.29) is 6.10 Å². The molecule has 0 saturated carbocycles. The number of likely N-dealkylation sites (tertiary alicyclic amines) is 1. The first kappa shape index (κ1) is 16.7. The molecule has 0 amide bonds. The Morgan fingerprint density at radius 3 is 2.62 bits per heavy atom. The molecule has 1 aromatic rings. The van der Waals surface area contributed by atoms with Crippen LogP contribution in [0.3, 0.4) is 0 Å². The van der Waals surface area contributed by atoms with Gasteiger partial charge in [-0.3, -0.25) is 0 Å². The predicted octanol–water partition coefficient (Wildman–Crippen LogP) is 1.90. The Morgan fingerprint density at radius 2 is 2.00 bits per heavy atom. The molecule has 4 nitrogen and oxygen atoms in total. The molecular weight excluding hydrogens is 288 g/mol. The number of nitrogens with zero attached hydrogens (tertiary/aromatic N) is 1. The standard InChI is InChI=1S/C16H25ClN2O2/c1-21-12-16(20)11-19-8-6-15(7-9-19)18-10-13-2-4-14(17)5-3-13/h2-5,15-16,18,20H,6-12H2,1H3. The number of aliphatic hydroxyl groups excluding tert-OH is 1. The van der Waals surface area contributed by atoms with E-state index < -0.39 is 0 Å². The summed E-state index contributed by atoms with van der Waals surface area (Å²) in [7, 11) is 1.62. The summed E-state index contributed by atoms with van der Waals surface area (Å²) in [5.41, 5.74) is 1.26. The van der Waals surface area contributed by atoms with Gasteiger partial charge < -0.3 is 20.1 Å². The SMILES string of the molecule is COCC(O)CN1CCC(NCc2ccc(Cl)cc2)CC1. The fourth-order valence-corrected chi connectivity index (χ4v) is 2.85. The van der Waals surface area contributed by atoms with Crippen molar-refractivity contribution in [3.63, 3.8) is 0 Å². The Bertz CT molecular complexity index is 405. The molecule has 2 rings (SSSR count). The quantitative estimate of drug-likeness (QED) is 0.807. The lowest BCUT2D eigenvalue weighted by atomic mass is 10.0. The number of halogens is 1. The van der Waals surface area contributed by atoms with Gasteiger partial charge in [0.25, 0.3) is 0 Å². The molecule has 0 radical (unpaired) electrons. The summed E-state index contributed by atoms with van der Waals surface area (Å²) in [4.78, 5) is 2.31. The molecule has 1 aromatic carbocycles.